The van der Waals surface area contributed by atoms with Crippen LogP contribution >= 0.6 is 24.0 Å². The zero-order valence-electron chi connectivity index (χ0n) is 18.7. The highest BCUT2D eigenvalue weighted by molar-refractivity contribution is 14.0. The van der Waals surface area contributed by atoms with E-state index in [9.17, 15) is 0 Å². The normalized spacial score (nSPS) is 17.1. The van der Waals surface area contributed by atoms with Gasteiger partial charge in [0.2, 0.25) is 0 Å². The second-order valence-corrected chi connectivity index (χ2v) is 7.60. The molecule has 3 rings (SSSR count). The van der Waals surface area contributed by atoms with Crippen LogP contribution in [0.5, 0.6) is 5.75 Å². The number of halogens is 1. The standard InChI is InChI=1S/C22H34N6O2.HI/c1-4-21-27-25-16-28(21)13-11-23-22(26-18(3)20-6-5-14-30-20)24-12-15-29-19-9-7-17(2)8-10-19;/h7-10,16,18,20H,4-6,11-15H2,1-3H3,(H2,23,24,26);1H. The van der Waals surface area contributed by atoms with Gasteiger partial charge < -0.3 is 24.7 Å². The quantitative estimate of drug-likeness (QED) is 0.208. The molecule has 2 aromatic rings. The molecule has 0 radical (unpaired) electrons. The third-order valence-electron chi connectivity index (χ3n) is 5.19. The topological polar surface area (TPSA) is 85.6 Å². The summed E-state index contributed by atoms with van der Waals surface area (Å²) in [5, 5.41) is 15.0. The second-order valence-electron chi connectivity index (χ2n) is 7.60. The monoisotopic (exact) mass is 542 g/mol. The van der Waals surface area contributed by atoms with Gasteiger partial charge >= 0.3 is 0 Å². The number of rotatable bonds is 10. The summed E-state index contributed by atoms with van der Waals surface area (Å²) in [6, 6.07) is 8.28. The Morgan fingerprint density at radius 2 is 2.16 bits per heavy atom. The van der Waals surface area contributed by atoms with Crippen molar-refractivity contribution in [2.24, 2.45) is 4.99 Å². The average Bonchev–Trinajstić information content (AvgIpc) is 3.44. The average molecular weight is 542 g/mol. The molecule has 0 aliphatic carbocycles. The summed E-state index contributed by atoms with van der Waals surface area (Å²) in [6.45, 7) is 9.73. The van der Waals surface area contributed by atoms with Crippen molar-refractivity contribution >= 4 is 29.9 Å². The van der Waals surface area contributed by atoms with Gasteiger partial charge in [0.1, 0.15) is 24.5 Å². The van der Waals surface area contributed by atoms with Crippen molar-refractivity contribution in [3.05, 3.63) is 42.0 Å². The Morgan fingerprint density at radius 3 is 2.87 bits per heavy atom. The van der Waals surface area contributed by atoms with Crippen molar-refractivity contribution in [1.29, 1.82) is 0 Å². The highest BCUT2D eigenvalue weighted by Gasteiger charge is 2.23. The highest BCUT2D eigenvalue weighted by Crippen LogP contribution is 2.15. The highest BCUT2D eigenvalue weighted by atomic mass is 127. The van der Waals surface area contributed by atoms with Crippen LogP contribution in [0.3, 0.4) is 0 Å². The third kappa shape index (κ3) is 8.29. The summed E-state index contributed by atoms with van der Waals surface area (Å²) in [4.78, 5) is 4.75. The molecule has 1 aliphatic rings. The largest absolute Gasteiger partial charge is 0.492 e. The molecule has 0 bridgehead atoms. The zero-order valence-corrected chi connectivity index (χ0v) is 21.0. The molecule has 2 unspecified atom stereocenters. The van der Waals surface area contributed by atoms with Crippen LogP contribution in [0.25, 0.3) is 0 Å². The van der Waals surface area contributed by atoms with Crippen LogP contribution in [0.4, 0.5) is 0 Å². The number of aromatic nitrogens is 3. The van der Waals surface area contributed by atoms with Crippen molar-refractivity contribution in [3.63, 3.8) is 0 Å². The molecule has 1 aromatic carbocycles. The van der Waals surface area contributed by atoms with Gasteiger partial charge in [0.05, 0.1) is 25.2 Å². The van der Waals surface area contributed by atoms with Gasteiger partial charge in [-0.15, -0.1) is 34.2 Å². The van der Waals surface area contributed by atoms with E-state index in [2.05, 4.69) is 53.7 Å². The molecule has 1 fully saturated rings. The van der Waals surface area contributed by atoms with Crippen LogP contribution in [0.1, 0.15) is 38.1 Å². The minimum absolute atomic E-state index is 0. The smallest absolute Gasteiger partial charge is 0.191 e. The van der Waals surface area contributed by atoms with Crippen molar-refractivity contribution in [3.8, 4) is 5.75 Å². The SMILES string of the molecule is CCc1nncn1CCN=C(NCCOc1ccc(C)cc1)NC(C)C1CCCO1.I. The van der Waals surface area contributed by atoms with E-state index in [1.165, 1.54) is 5.56 Å². The Morgan fingerprint density at radius 1 is 1.35 bits per heavy atom. The molecule has 0 amide bonds. The third-order valence-corrected chi connectivity index (χ3v) is 5.19. The van der Waals surface area contributed by atoms with E-state index >= 15 is 0 Å². The molecule has 2 heterocycles. The van der Waals surface area contributed by atoms with Gasteiger partial charge in [0.25, 0.3) is 0 Å². The van der Waals surface area contributed by atoms with Crippen molar-refractivity contribution in [2.75, 3.05) is 26.3 Å². The van der Waals surface area contributed by atoms with Crippen LogP contribution in [-0.4, -0.2) is 59.2 Å². The van der Waals surface area contributed by atoms with E-state index in [-0.39, 0.29) is 36.1 Å². The first-order valence-corrected chi connectivity index (χ1v) is 10.9. The summed E-state index contributed by atoms with van der Waals surface area (Å²) in [5.74, 6) is 2.63. The van der Waals surface area contributed by atoms with Crippen molar-refractivity contribution in [2.45, 2.75) is 58.7 Å². The van der Waals surface area contributed by atoms with E-state index in [1.807, 2.05) is 16.7 Å². The number of aryl methyl sites for hydroxylation is 2. The minimum atomic E-state index is 0. The van der Waals surface area contributed by atoms with Gasteiger partial charge in [-0.1, -0.05) is 24.6 Å². The van der Waals surface area contributed by atoms with Gasteiger partial charge in [-0.3, -0.25) is 4.99 Å². The Hall–Kier alpha value is -1.88. The minimum Gasteiger partial charge on any atom is -0.492 e. The molecule has 2 atom stereocenters. The van der Waals surface area contributed by atoms with E-state index < -0.39 is 0 Å². The maximum atomic E-state index is 5.82. The summed E-state index contributed by atoms with van der Waals surface area (Å²) in [6.07, 6.45) is 5.05. The van der Waals surface area contributed by atoms with Crippen LogP contribution in [0, 0.1) is 6.92 Å². The lowest BCUT2D eigenvalue weighted by Crippen LogP contribution is -2.48. The molecular formula is C22H35IN6O2. The van der Waals surface area contributed by atoms with Crippen LogP contribution in [-0.2, 0) is 17.7 Å². The molecule has 0 spiro atoms. The maximum absolute atomic E-state index is 5.82. The van der Waals surface area contributed by atoms with Crippen molar-refractivity contribution in [1.82, 2.24) is 25.4 Å². The fraction of sp³-hybridized carbons (Fsp3) is 0.591. The van der Waals surface area contributed by atoms with Gasteiger partial charge in [0.15, 0.2) is 5.96 Å². The molecule has 1 saturated heterocycles. The van der Waals surface area contributed by atoms with Gasteiger partial charge in [-0.05, 0) is 38.8 Å². The van der Waals surface area contributed by atoms with Crippen LogP contribution in [0.15, 0.2) is 35.6 Å². The summed E-state index contributed by atoms with van der Waals surface area (Å²) in [5.41, 5.74) is 1.22. The van der Waals surface area contributed by atoms with E-state index in [0.717, 1.165) is 49.9 Å². The number of aliphatic imine (C=N–C) groups is 1. The first kappa shape index (κ1) is 25.4. The molecule has 1 aliphatic heterocycles. The molecule has 2 N–H and O–H groups in total. The number of hydrogen-bond donors (Lipinski definition) is 2. The van der Waals surface area contributed by atoms with Crippen LogP contribution in [0.2, 0.25) is 0 Å². The molecular weight excluding hydrogens is 507 g/mol. The Balaban J connectivity index is 0.00000341. The molecule has 172 valence electrons. The predicted octanol–water partition coefficient (Wildman–Crippen LogP) is 2.95. The van der Waals surface area contributed by atoms with E-state index in [1.54, 1.807) is 6.33 Å². The number of ether oxygens (including phenoxy) is 2. The number of nitrogens with one attached hydrogen (secondary N) is 2. The summed E-state index contributed by atoms with van der Waals surface area (Å²) < 4.78 is 13.7. The van der Waals surface area contributed by atoms with E-state index in [0.29, 0.717) is 19.7 Å². The summed E-state index contributed by atoms with van der Waals surface area (Å²) in [7, 11) is 0. The Bertz CT molecular complexity index is 790. The van der Waals surface area contributed by atoms with E-state index in [4.69, 9.17) is 14.5 Å². The van der Waals surface area contributed by atoms with Gasteiger partial charge in [-0.25, -0.2) is 0 Å². The predicted molar refractivity (Wildman–Crippen MR) is 133 cm³/mol. The van der Waals surface area contributed by atoms with Crippen molar-refractivity contribution < 1.29 is 9.47 Å². The summed E-state index contributed by atoms with van der Waals surface area (Å²) >= 11 is 0. The number of hydrogen-bond acceptors (Lipinski definition) is 5. The number of benzene rings is 1. The van der Waals surface area contributed by atoms with Gasteiger partial charge in [-0.2, -0.15) is 0 Å². The lowest BCUT2D eigenvalue weighted by molar-refractivity contribution is 0.0890. The molecule has 8 nitrogen and oxygen atoms in total. The zero-order chi connectivity index (χ0) is 21.2. The number of nitrogens with zero attached hydrogens (tertiary/aromatic N) is 4. The first-order valence-electron chi connectivity index (χ1n) is 10.9. The lowest BCUT2D eigenvalue weighted by Gasteiger charge is -2.23. The van der Waals surface area contributed by atoms with Crippen LogP contribution < -0.4 is 15.4 Å². The fourth-order valence-electron chi connectivity index (χ4n) is 3.44. The first-order chi connectivity index (χ1) is 14.7. The molecule has 31 heavy (non-hydrogen) atoms. The van der Waals surface area contributed by atoms with Gasteiger partial charge in [0, 0.05) is 19.6 Å². The second kappa shape index (κ2) is 13.5. The lowest BCUT2D eigenvalue weighted by atomic mass is 10.1. The molecule has 9 heteroatoms. The molecule has 1 aromatic heterocycles. The Kier molecular flexibility index (Phi) is 11.1. The Labute approximate surface area is 202 Å². The molecule has 0 saturated carbocycles. The maximum Gasteiger partial charge on any atom is 0.191 e. The number of guanidine groups is 1. The fourth-order valence-corrected chi connectivity index (χ4v) is 3.44.